The maximum Gasteiger partial charge on any atom is 0.240 e. The number of likely N-dealkylation sites (tertiary alicyclic amines) is 2. The minimum absolute atomic E-state index is 0.0266. The monoisotopic (exact) mass is 491 g/mol. The summed E-state index contributed by atoms with van der Waals surface area (Å²) in [5.74, 6) is 1.85. The molecule has 0 unspecified atom stereocenters. The minimum Gasteiger partial charge on any atom is -0.343 e. The van der Waals surface area contributed by atoms with Gasteiger partial charge in [0.05, 0.1) is 5.41 Å². The van der Waals surface area contributed by atoms with Crippen molar-refractivity contribution in [3.63, 3.8) is 0 Å². The van der Waals surface area contributed by atoms with Crippen LogP contribution in [-0.2, 0) is 19.8 Å². The van der Waals surface area contributed by atoms with Crippen LogP contribution < -0.4 is 0 Å². The average molecular weight is 492 g/mol. The van der Waals surface area contributed by atoms with Crippen molar-refractivity contribution < 1.29 is 14.4 Å². The molecule has 3 aliphatic heterocycles. The second-order valence-electron chi connectivity index (χ2n) is 9.90. The Hall–Kier alpha value is -2.64. The van der Waals surface area contributed by atoms with Gasteiger partial charge in [0.1, 0.15) is 0 Å². The number of imide groups is 1. The van der Waals surface area contributed by atoms with Crippen LogP contribution >= 0.6 is 11.8 Å². The van der Waals surface area contributed by atoms with E-state index in [1.165, 1.54) is 23.5 Å². The first-order valence-electron chi connectivity index (χ1n) is 12.5. The van der Waals surface area contributed by atoms with E-state index in [0.717, 1.165) is 42.6 Å². The molecule has 0 bridgehead atoms. The molecule has 3 amide bonds. The number of thioether (sulfide) groups is 1. The molecule has 1 atom stereocenters. The number of nitrogens with zero attached hydrogens (tertiary/aromatic N) is 3. The van der Waals surface area contributed by atoms with Crippen LogP contribution in [0.25, 0.3) is 11.1 Å². The van der Waals surface area contributed by atoms with Crippen molar-refractivity contribution in [2.75, 3.05) is 44.7 Å². The van der Waals surface area contributed by atoms with Crippen LogP contribution in [0.15, 0.2) is 54.6 Å². The van der Waals surface area contributed by atoms with E-state index in [0.29, 0.717) is 19.1 Å². The summed E-state index contributed by atoms with van der Waals surface area (Å²) < 4.78 is 0. The topological polar surface area (TPSA) is 60.9 Å². The molecular formula is C28H33N3O3S. The molecule has 184 valence electrons. The number of likely N-dealkylation sites (N-methyl/N-ethyl adjacent to an activating group) is 1. The Morgan fingerprint density at radius 2 is 1.54 bits per heavy atom. The van der Waals surface area contributed by atoms with Crippen molar-refractivity contribution in [2.45, 2.75) is 37.1 Å². The third-order valence-corrected chi connectivity index (χ3v) is 8.86. The van der Waals surface area contributed by atoms with Gasteiger partial charge in [0, 0.05) is 63.6 Å². The number of hydrogen-bond acceptors (Lipinski definition) is 5. The van der Waals surface area contributed by atoms with E-state index < -0.39 is 5.41 Å². The molecule has 2 aromatic rings. The molecule has 3 saturated heterocycles. The quantitative estimate of drug-likeness (QED) is 0.600. The Morgan fingerprint density at radius 3 is 2.14 bits per heavy atom. The van der Waals surface area contributed by atoms with Crippen LogP contribution in [0.4, 0.5) is 0 Å². The molecule has 0 N–H and O–H groups in total. The first-order valence-corrected chi connectivity index (χ1v) is 13.7. The van der Waals surface area contributed by atoms with Crippen molar-refractivity contribution in [3.8, 4) is 11.1 Å². The summed E-state index contributed by atoms with van der Waals surface area (Å²) in [5.41, 5.74) is 1.75. The normalized spacial score (nSPS) is 24.3. The number of benzene rings is 2. The highest BCUT2D eigenvalue weighted by molar-refractivity contribution is 7.99. The number of piperidine rings is 1. The molecule has 3 fully saturated rings. The van der Waals surface area contributed by atoms with Gasteiger partial charge in [-0.1, -0.05) is 54.6 Å². The van der Waals surface area contributed by atoms with Gasteiger partial charge in [-0.15, -0.1) is 0 Å². The van der Waals surface area contributed by atoms with Gasteiger partial charge in [0.25, 0.3) is 0 Å². The molecule has 7 heteroatoms. The van der Waals surface area contributed by atoms with Crippen molar-refractivity contribution in [1.29, 1.82) is 0 Å². The van der Waals surface area contributed by atoms with Crippen LogP contribution in [0.3, 0.4) is 0 Å². The van der Waals surface area contributed by atoms with Crippen LogP contribution in [-0.4, -0.2) is 83.2 Å². The van der Waals surface area contributed by atoms with E-state index >= 15 is 0 Å². The Labute approximate surface area is 211 Å². The zero-order chi connectivity index (χ0) is 24.4. The van der Waals surface area contributed by atoms with Crippen LogP contribution in [0.1, 0.15) is 31.2 Å². The highest BCUT2D eigenvalue weighted by Gasteiger charge is 2.53. The van der Waals surface area contributed by atoms with Crippen molar-refractivity contribution in [2.24, 2.45) is 0 Å². The lowest BCUT2D eigenvalue weighted by atomic mass is 9.75. The molecule has 3 heterocycles. The van der Waals surface area contributed by atoms with Crippen molar-refractivity contribution in [1.82, 2.24) is 14.7 Å². The molecule has 0 aliphatic carbocycles. The standard InChI is InChI=1S/C28H33N3O3S/c1-29-25(32)19-28(27(29)34,23-9-7-22(8-10-23)21-5-3-2-4-6-21)20-26(33)31-13-11-24(12-14-31)30-15-17-35-18-16-30/h2-10,24H,11-20H2,1H3/t28-/m1/s1. The van der Waals surface area contributed by atoms with Gasteiger partial charge < -0.3 is 4.90 Å². The van der Waals surface area contributed by atoms with E-state index in [4.69, 9.17) is 0 Å². The maximum atomic E-state index is 13.5. The number of carbonyl (C=O) groups is 3. The van der Waals surface area contributed by atoms with Crippen molar-refractivity contribution >= 4 is 29.5 Å². The van der Waals surface area contributed by atoms with Gasteiger partial charge in [0.15, 0.2) is 0 Å². The summed E-state index contributed by atoms with van der Waals surface area (Å²) in [6, 6.07) is 18.4. The van der Waals surface area contributed by atoms with Gasteiger partial charge in [-0.25, -0.2) is 0 Å². The Balaban J connectivity index is 1.33. The summed E-state index contributed by atoms with van der Waals surface area (Å²) >= 11 is 2.01. The van der Waals surface area contributed by atoms with Gasteiger partial charge >= 0.3 is 0 Å². The summed E-state index contributed by atoms with van der Waals surface area (Å²) in [6.45, 7) is 3.70. The minimum atomic E-state index is -1.13. The number of rotatable bonds is 5. The fourth-order valence-electron chi connectivity index (χ4n) is 5.76. The Kier molecular flexibility index (Phi) is 6.98. The fourth-order valence-corrected chi connectivity index (χ4v) is 6.69. The lowest BCUT2D eigenvalue weighted by Crippen LogP contribution is -2.50. The summed E-state index contributed by atoms with van der Waals surface area (Å²) in [6.07, 6.45) is 2.03. The molecular weight excluding hydrogens is 458 g/mol. The highest BCUT2D eigenvalue weighted by Crippen LogP contribution is 2.40. The second-order valence-corrected chi connectivity index (χ2v) is 11.1. The van der Waals surface area contributed by atoms with E-state index in [1.807, 2.05) is 71.3 Å². The molecule has 0 saturated carbocycles. The zero-order valence-corrected chi connectivity index (χ0v) is 21.1. The molecule has 6 nitrogen and oxygen atoms in total. The molecule has 2 aromatic carbocycles. The van der Waals surface area contributed by atoms with E-state index in [1.54, 1.807) is 0 Å². The first-order chi connectivity index (χ1) is 17.0. The van der Waals surface area contributed by atoms with E-state index in [-0.39, 0.29) is 30.6 Å². The third kappa shape index (κ3) is 4.76. The molecule has 0 radical (unpaired) electrons. The first kappa shape index (κ1) is 24.1. The van der Waals surface area contributed by atoms with Crippen LogP contribution in [0.2, 0.25) is 0 Å². The largest absolute Gasteiger partial charge is 0.343 e. The highest BCUT2D eigenvalue weighted by atomic mass is 32.2. The van der Waals surface area contributed by atoms with E-state index in [9.17, 15) is 14.4 Å². The molecule has 3 aliphatic rings. The van der Waals surface area contributed by atoms with Gasteiger partial charge in [0.2, 0.25) is 17.7 Å². The smallest absolute Gasteiger partial charge is 0.240 e. The number of amides is 3. The van der Waals surface area contributed by atoms with Crippen molar-refractivity contribution in [3.05, 3.63) is 60.2 Å². The third-order valence-electron chi connectivity index (χ3n) is 7.92. The summed E-state index contributed by atoms with van der Waals surface area (Å²) in [4.78, 5) is 45.2. The average Bonchev–Trinajstić information content (AvgIpc) is 3.13. The van der Waals surface area contributed by atoms with Gasteiger partial charge in [-0.3, -0.25) is 24.2 Å². The van der Waals surface area contributed by atoms with Crippen LogP contribution in [0, 0.1) is 0 Å². The predicted molar refractivity (Wildman–Crippen MR) is 139 cm³/mol. The fraction of sp³-hybridized carbons (Fsp3) is 0.464. The SMILES string of the molecule is CN1C(=O)C[C@@](CC(=O)N2CCC(N3CCSCC3)CC2)(c2ccc(-c3ccccc3)cc2)C1=O. The molecule has 5 rings (SSSR count). The number of hydrogen-bond donors (Lipinski definition) is 0. The second kappa shape index (κ2) is 10.2. The lowest BCUT2D eigenvalue weighted by Gasteiger charge is -2.40. The van der Waals surface area contributed by atoms with Gasteiger partial charge in [-0.2, -0.15) is 11.8 Å². The predicted octanol–water partition coefficient (Wildman–Crippen LogP) is 3.41. The molecule has 0 aromatic heterocycles. The lowest BCUT2D eigenvalue weighted by molar-refractivity contribution is -0.142. The molecule has 35 heavy (non-hydrogen) atoms. The van der Waals surface area contributed by atoms with Crippen LogP contribution in [0.5, 0.6) is 0 Å². The maximum absolute atomic E-state index is 13.5. The summed E-state index contributed by atoms with van der Waals surface area (Å²) in [5, 5.41) is 0. The van der Waals surface area contributed by atoms with E-state index in [2.05, 4.69) is 4.90 Å². The Bertz CT molecular complexity index is 1080. The zero-order valence-electron chi connectivity index (χ0n) is 20.3. The Morgan fingerprint density at radius 1 is 0.914 bits per heavy atom. The summed E-state index contributed by atoms with van der Waals surface area (Å²) in [7, 11) is 1.53. The molecule has 0 spiro atoms. The van der Waals surface area contributed by atoms with Gasteiger partial charge in [-0.05, 0) is 29.5 Å². The number of carbonyl (C=O) groups excluding carboxylic acids is 3.